The zero-order valence-corrected chi connectivity index (χ0v) is 18.0. The summed E-state index contributed by atoms with van der Waals surface area (Å²) in [6, 6.07) is 13.3. The number of fused-ring (bicyclic) bond motifs is 2. The second-order valence-corrected chi connectivity index (χ2v) is 8.44. The molecule has 31 heavy (non-hydrogen) atoms. The molecular formula is C24H24ClN5O. The number of carbonyl (C=O) groups excluding carboxylic acids is 1. The maximum Gasteiger partial charge on any atom is 0.253 e. The molecule has 4 aromatic rings. The molecule has 0 aliphatic carbocycles. The van der Waals surface area contributed by atoms with Crippen LogP contribution in [0.5, 0.6) is 0 Å². The number of H-pyrrole nitrogens is 1. The molecule has 6 nitrogen and oxygen atoms in total. The van der Waals surface area contributed by atoms with Gasteiger partial charge in [0, 0.05) is 35.3 Å². The van der Waals surface area contributed by atoms with Gasteiger partial charge in [-0.1, -0.05) is 30.2 Å². The van der Waals surface area contributed by atoms with Gasteiger partial charge in [-0.3, -0.25) is 9.78 Å². The highest BCUT2D eigenvalue weighted by atomic mass is 35.5. The van der Waals surface area contributed by atoms with E-state index in [1.54, 1.807) is 6.20 Å². The molecule has 2 aromatic heterocycles. The molecule has 0 saturated carbocycles. The summed E-state index contributed by atoms with van der Waals surface area (Å²) in [6.07, 6.45) is 5.57. The molecule has 5 rings (SSSR count). The molecule has 2 aromatic carbocycles. The van der Waals surface area contributed by atoms with Crippen molar-refractivity contribution < 1.29 is 4.79 Å². The third-order valence-corrected chi connectivity index (χ3v) is 6.07. The zero-order valence-electron chi connectivity index (χ0n) is 17.2. The van der Waals surface area contributed by atoms with Gasteiger partial charge in [-0.15, -0.1) is 0 Å². The van der Waals surface area contributed by atoms with Gasteiger partial charge in [0.15, 0.2) is 0 Å². The Bertz CT molecular complexity index is 1250. The van der Waals surface area contributed by atoms with Gasteiger partial charge in [0.25, 0.3) is 5.91 Å². The zero-order chi connectivity index (χ0) is 21.2. The van der Waals surface area contributed by atoms with E-state index >= 15 is 0 Å². The first-order valence-corrected chi connectivity index (χ1v) is 11.1. The molecule has 2 N–H and O–H groups in total. The lowest BCUT2D eigenvalue weighted by atomic mass is 10.1. The number of para-hydroxylation sites is 1. The highest BCUT2D eigenvalue weighted by Crippen LogP contribution is 2.26. The Kier molecular flexibility index (Phi) is 5.57. The van der Waals surface area contributed by atoms with Crippen molar-refractivity contribution in [1.29, 1.82) is 0 Å². The lowest BCUT2D eigenvalue weighted by Gasteiger charge is -2.26. The standard InChI is InChI=1S/C24H24ClN5O/c25-18-7-8-20-21(14-18)29-23(28-20)17-13-16-5-4-6-19(22(16)27-15-17)24(31)26-9-12-30-10-2-1-3-11-30/h4-8,13-15H,1-3,9-12H2,(H,26,31)(H,28,29). The van der Waals surface area contributed by atoms with Crippen LogP contribution < -0.4 is 5.32 Å². The largest absolute Gasteiger partial charge is 0.351 e. The second kappa shape index (κ2) is 8.65. The molecule has 1 aliphatic rings. The molecule has 0 radical (unpaired) electrons. The Hall–Kier alpha value is -2.96. The molecule has 1 amide bonds. The van der Waals surface area contributed by atoms with E-state index in [2.05, 4.69) is 25.2 Å². The number of benzene rings is 2. The van der Waals surface area contributed by atoms with Crippen LogP contribution in [-0.2, 0) is 0 Å². The van der Waals surface area contributed by atoms with Crippen molar-refractivity contribution >= 4 is 39.4 Å². The summed E-state index contributed by atoms with van der Waals surface area (Å²) in [7, 11) is 0. The van der Waals surface area contributed by atoms with Crippen LogP contribution >= 0.6 is 11.6 Å². The summed E-state index contributed by atoms with van der Waals surface area (Å²) >= 11 is 6.08. The summed E-state index contributed by atoms with van der Waals surface area (Å²) in [5.41, 5.74) is 3.88. The predicted octanol–water partition coefficient (Wildman–Crippen LogP) is 4.65. The predicted molar refractivity (Wildman–Crippen MR) is 124 cm³/mol. The van der Waals surface area contributed by atoms with Crippen molar-refractivity contribution in [2.75, 3.05) is 26.2 Å². The topological polar surface area (TPSA) is 73.9 Å². The first kappa shape index (κ1) is 20.0. The van der Waals surface area contributed by atoms with Crippen molar-refractivity contribution in [3.63, 3.8) is 0 Å². The molecule has 158 valence electrons. The van der Waals surface area contributed by atoms with E-state index in [0.717, 1.165) is 47.4 Å². The second-order valence-electron chi connectivity index (χ2n) is 8.01. The summed E-state index contributed by atoms with van der Waals surface area (Å²) < 4.78 is 0. The fourth-order valence-electron chi connectivity index (χ4n) is 4.20. The number of aromatic nitrogens is 3. The van der Waals surface area contributed by atoms with E-state index in [-0.39, 0.29) is 5.91 Å². The van der Waals surface area contributed by atoms with E-state index in [4.69, 9.17) is 11.6 Å². The van der Waals surface area contributed by atoms with Gasteiger partial charge in [0.1, 0.15) is 5.82 Å². The molecule has 0 unspecified atom stereocenters. The Morgan fingerprint density at radius 2 is 2.00 bits per heavy atom. The number of halogens is 1. The number of nitrogens with zero attached hydrogens (tertiary/aromatic N) is 3. The van der Waals surface area contributed by atoms with Crippen LogP contribution in [-0.4, -0.2) is 51.9 Å². The number of hydrogen-bond acceptors (Lipinski definition) is 4. The lowest BCUT2D eigenvalue weighted by molar-refractivity contribution is 0.0948. The van der Waals surface area contributed by atoms with Gasteiger partial charge in [0.05, 0.1) is 22.1 Å². The van der Waals surface area contributed by atoms with Crippen LogP contribution in [0.15, 0.2) is 48.7 Å². The summed E-state index contributed by atoms with van der Waals surface area (Å²) in [5.74, 6) is 0.643. The third-order valence-electron chi connectivity index (χ3n) is 5.84. The van der Waals surface area contributed by atoms with Gasteiger partial charge in [-0.05, 0) is 56.3 Å². The fraction of sp³-hybridized carbons (Fsp3) is 0.292. The average Bonchev–Trinajstić information content (AvgIpc) is 3.22. The highest BCUT2D eigenvalue weighted by molar-refractivity contribution is 6.31. The smallest absolute Gasteiger partial charge is 0.253 e. The number of nitrogens with one attached hydrogen (secondary N) is 2. The number of rotatable bonds is 5. The maximum atomic E-state index is 12.8. The van der Waals surface area contributed by atoms with E-state index in [9.17, 15) is 4.79 Å². The molecule has 1 fully saturated rings. The van der Waals surface area contributed by atoms with Gasteiger partial charge in [-0.2, -0.15) is 0 Å². The van der Waals surface area contributed by atoms with Crippen LogP contribution in [0, 0.1) is 0 Å². The first-order chi connectivity index (χ1) is 15.2. The van der Waals surface area contributed by atoms with Gasteiger partial charge in [-0.25, -0.2) is 4.98 Å². The molecular weight excluding hydrogens is 410 g/mol. The first-order valence-electron chi connectivity index (χ1n) is 10.7. The van der Waals surface area contributed by atoms with Crippen molar-refractivity contribution in [3.8, 4) is 11.4 Å². The summed E-state index contributed by atoms with van der Waals surface area (Å²) in [4.78, 5) is 27.8. The third kappa shape index (κ3) is 4.27. The summed E-state index contributed by atoms with van der Waals surface area (Å²) in [5, 5.41) is 4.62. The minimum absolute atomic E-state index is 0.0822. The van der Waals surface area contributed by atoms with Gasteiger partial charge >= 0.3 is 0 Å². The number of imidazole rings is 1. The molecule has 0 spiro atoms. The lowest BCUT2D eigenvalue weighted by Crippen LogP contribution is -2.37. The Morgan fingerprint density at radius 1 is 1.13 bits per heavy atom. The van der Waals surface area contributed by atoms with Crippen molar-refractivity contribution in [2.45, 2.75) is 19.3 Å². The van der Waals surface area contributed by atoms with E-state index in [1.165, 1.54) is 19.3 Å². The van der Waals surface area contributed by atoms with Crippen LogP contribution in [0.4, 0.5) is 0 Å². The van der Waals surface area contributed by atoms with Crippen molar-refractivity contribution in [2.24, 2.45) is 0 Å². The molecule has 1 saturated heterocycles. The minimum atomic E-state index is -0.0822. The van der Waals surface area contributed by atoms with Crippen LogP contribution in [0.25, 0.3) is 33.3 Å². The fourth-order valence-corrected chi connectivity index (χ4v) is 4.37. The highest BCUT2D eigenvalue weighted by Gasteiger charge is 2.14. The van der Waals surface area contributed by atoms with Gasteiger partial charge in [0.2, 0.25) is 0 Å². The Labute approximate surface area is 185 Å². The molecule has 7 heteroatoms. The summed E-state index contributed by atoms with van der Waals surface area (Å²) in [6.45, 7) is 3.80. The van der Waals surface area contributed by atoms with E-state index in [0.29, 0.717) is 22.6 Å². The monoisotopic (exact) mass is 433 g/mol. The molecule has 0 atom stereocenters. The number of amides is 1. The van der Waals surface area contributed by atoms with Crippen molar-refractivity contribution in [3.05, 3.63) is 59.2 Å². The van der Waals surface area contributed by atoms with Crippen LogP contribution in [0.1, 0.15) is 29.6 Å². The molecule has 1 aliphatic heterocycles. The van der Waals surface area contributed by atoms with Crippen LogP contribution in [0.2, 0.25) is 5.02 Å². The minimum Gasteiger partial charge on any atom is -0.351 e. The average molecular weight is 434 g/mol. The quantitative estimate of drug-likeness (QED) is 0.480. The number of aromatic amines is 1. The maximum absolute atomic E-state index is 12.8. The SMILES string of the molecule is O=C(NCCN1CCCCC1)c1cccc2cc(-c3nc4ccc(Cl)cc4[nH]3)cnc12. The van der Waals surface area contributed by atoms with Crippen molar-refractivity contribution in [1.82, 2.24) is 25.2 Å². The normalized spacial score (nSPS) is 14.9. The Morgan fingerprint density at radius 3 is 2.87 bits per heavy atom. The molecule has 0 bridgehead atoms. The van der Waals surface area contributed by atoms with Crippen LogP contribution in [0.3, 0.4) is 0 Å². The van der Waals surface area contributed by atoms with Gasteiger partial charge < -0.3 is 15.2 Å². The number of pyridine rings is 1. The number of carbonyl (C=O) groups is 1. The van der Waals surface area contributed by atoms with E-state index in [1.807, 2.05) is 42.5 Å². The number of piperidine rings is 1. The van der Waals surface area contributed by atoms with E-state index < -0.39 is 0 Å². The molecule has 3 heterocycles. The number of hydrogen-bond donors (Lipinski definition) is 2. The Balaban J connectivity index is 1.36. The number of likely N-dealkylation sites (tertiary alicyclic amines) is 1.